The highest BCUT2D eigenvalue weighted by atomic mass is 19.3. The molecule has 1 aliphatic carbocycles. The second-order valence-electron chi connectivity index (χ2n) is 5.81. The number of pyridine rings is 1. The molecule has 0 aromatic carbocycles. The minimum Gasteiger partial charge on any atom is -0.396 e. The molecule has 2 aromatic rings. The number of fused-ring (bicyclic) bond motifs is 1. The van der Waals surface area contributed by atoms with Crippen LogP contribution in [0.5, 0.6) is 0 Å². The van der Waals surface area contributed by atoms with Crippen molar-refractivity contribution in [2.24, 2.45) is 5.92 Å². The van der Waals surface area contributed by atoms with Crippen LogP contribution in [0.3, 0.4) is 0 Å². The summed E-state index contributed by atoms with van der Waals surface area (Å²) >= 11 is 0. The summed E-state index contributed by atoms with van der Waals surface area (Å²) < 4.78 is 26.9. The third-order valence-electron chi connectivity index (χ3n) is 4.35. The molecule has 1 saturated carbocycles. The molecule has 1 fully saturated rings. The summed E-state index contributed by atoms with van der Waals surface area (Å²) in [5.74, 6) is -0.783. The number of carbonyl (C=O) groups is 1. The Morgan fingerprint density at radius 1 is 1.35 bits per heavy atom. The Kier molecular flexibility index (Phi) is 4.51. The van der Waals surface area contributed by atoms with E-state index in [1.54, 1.807) is 0 Å². The van der Waals surface area contributed by atoms with Gasteiger partial charge in [0.2, 0.25) is 5.82 Å². The molecule has 0 aliphatic heterocycles. The van der Waals surface area contributed by atoms with E-state index >= 15 is 0 Å². The summed E-state index contributed by atoms with van der Waals surface area (Å²) in [4.78, 5) is 12.4. The Morgan fingerprint density at radius 3 is 2.87 bits per heavy atom. The molecule has 6 nitrogen and oxygen atoms in total. The van der Waals surface area contributed by atoms with E-state index in [1.807, 2.05) is 0 Å². The lowest BCUT2D eigenvalue weighted by Gasteiger charge is -2.30. The van der Waals surface area contributed by atoms with Crippen molar-refractivity contribution in [3.8, 4) is 0 Å². The van der Waals surface area contributed by atoms with Gasteiger partial charge in [-0.15, -0.1) is 10.2 Å². The lowest BCUT2D eigenvalue weighted by atomic mass is 9.85. The molecule has 2 heterocycles. The van der Waals surface area contributed by atoms with Crippen LogP contribution < -0.4 is 5.32 Å². The number of aliphatic hydroxyl groups excluding tert-OH is 1. The molecular formula is C15H18F2N4O2. The van der Waals surface area contributed by atoms with Gasteiger partial charge in [-0.2, -0.15) is 0 Å². The van der Waals surface area contributed by atoms with Crippen LogP contribution in [-0.4, -0.2) is 38.3 Å². The monoisotopic (exact) mass is 324 g/mol. The van der Waals surface area contributed by atoms with Crippen LogP contribution in [0.2, 0.25) is 0 Å². The largest absolute Gasteiger partial charge is 0.396 e. The quantitative estimate of drug-likeness (QED) is 0.901. The zero-order valence-electron chi connectivity index (χ0n) is 12.5. The number of carbonyl (C=O) groups excluding carboxylic acids is 1. The van der Waals surface area contributed by atoms with Gasteiger partial charge in [0.15, 0.2) is 5.65 Å². The number of hydrogen-bond acceptors (Lipinski definition) is 4. The zero-order chi connectivity index (χ0) is 16.4. The molecule has 2 atom stereocenters. The first-order valence-corrected chi connectivity index (χ1v) is 7.64. The van der Waals surface area contributed by atoms with Crippen molar-refractivity contribution < 1.29 is 18.7 Å². The predicted octanol–water partition coefficient (Wildman–Crippen LogP) is 1.95. The third-order valence-corrected chi connectivity index (χ3v) is 4.35. The van der Waals surface area contributed by atoms with E-state index in [9.17, 15) is 18.7 Å². The molecule has 2 aromatic heterocycles. The highest BCUT2D eigenvalue weighted by Crippen LogP contribution is 2.24. The molecule has 0 bridgehead atoms. The Hall–Kier alpha value is -2.09. The summed E-state index contributed by atoms with van der Waals surface area (Å²) in [6.07, 6.45) is 2.29. The molecule has 3 rings (SSSR count). The number of nitrogens with zero attached hydrogens (tertiary/aromatic N) is 3. The van der Waals surface area contributed by atoms with Gasteiger partial charge in [-0.3, -0.25) is 9.20 Å². The van der Waals surface area contributed by atoms with E-state index < -0.39 is 12.2 Å². The van der Waals surface area contributed by atoms with Crippen molar-refractivity contribution in [2.75, 3.05) is 6.61 Å². The van der Waals surface area contributed by atoms with Gasteiger partial charge in [0.1, 0.15) is 0 Å². The second-order valence-corrected chi connectivity index (χ2v) is 5.81. The summed E-state index contributed by atoms with van der Waals surface area (Å²) in [6.45, 7) is 0.0327. The van der Waals surface area contributed by atoms with E-state index in [0.717, 1.165) is 30.1 Å². The minimum absolute atomic E-state index is 0.0327. The number of aliphatic hydroxyl groups is 1. The molecular weight excluding hydrogens is 306 g/mol. The first kappa shape index (κ1) is 15.8. The zero-order valence-corrected chi connectivity index (χ0v) is 12.5. The number of rotatable bonds is 4. The molecule has 124 valence electrons. The fourth-order valence-corrected chi connectivity index (χ4v) is 3.06. The number of nitrogens with one attached hydrogen (secondary N) is 1. The van der Waals surface area contributed by atoms with E-state index in [-0.39, 0.29) is 35.7 Å². The van der Waals surface area contributed by atoms with Gasteiger partial charge >= 0.3 is 0 Å². The standard InChI is InChI=1S/C15H18F2N4O2/c16-13(17)14-20-19-12-6-5-9(7-21(12)14)15(23)18-11-4-2-1-3-10(11)8-22/h5-7,10-11,13,22H,1-4,8H2,(H,18,23). The van der Waals surface area contributed by atoms with E-state index in [2.05, 4.69) is 15.5 Å². The molecule has 2 unspecified atom stereocenters. The van der Waals surface area contributed by atoms with Crippen molar-refractivity contribution in [3.63, 3.8) is 0 Å². The average molecular weight is 324 g/mol. The average Bonchev–Trinajstić information content (AvgIpc) is 2.98. The number of halogens is 2. The summed E-state index contributed by atoms with van der Waals surface area (Å²) in [5.41, 5.74) is 0.532. The fraction of sp³-hybridized carbons (Fsp3) is 0.533. The van der Waals surface area contributed by atoms with Crippen LogP contribution in [0.15, 0.2) is 18.3 Å². The molecule has 0 radical (unpaired) electrons. The third kappa shape index (κ3) is 3.17. The van der Waals surface area contributed by atoms with Crippen LogP contribution in [0.4, 0.5) is 8.78 Å². The number of amides is 1. The van der Waals surface area contributed by atoms with Crippen LogP contribution in [0, 0.1) is 5.92 Å². The van der Waals surface area contributed by atoms with E-state index in [1.165, 1.54) is 18.3 Å². The van der Waals surface area contributed by atoms with Crippen molar-refractivity contribution in [3.05, 3.63) is 29.7 Å². The molecule has 1 aliphatic rings. The van der Waals surface area contributed by atoms with Gasteiger partial charge in [0.25, 0.3) is 12.3 Å². The number of alkyl halides is 2. The molecule has 0 saturated heterocycles. The predicted molar refractivity (Wildman–Crippen MR) is 78.2 cm³/mol. The maximum atomic E-state index is 12.9. The van der Waals surface area contributed by atoms with Crippen molar-refractivity contribution in [2.45, 2.75) is 38.2 Å². The highest BCUT2D eigenvalue weighted by Gasteiger charge is 2.26. The Morgan fingerprint density at radius 2 is 2.13 bits per heavy atom. The second kappa shape index (κ2) is 6.57. The van der Waals surface area contributed by atoms with Crippen LogP contribution in [-0.2, 0) is 0 Å². The maximum Gasteiger partial charge on any atom is 0.297 e. The first-order valence-electron chi connectivity index (χ1n) is 7.64. The molecule has 2 N–H and O–H groups in total. The van der Waals surface area contributed by atoms with E-state index in [0.29, 0.717) is 0 Å². The Labute approximate surface area is 131 Å². The Balaban J connectivity index is 1.81. The van der Waals surface area contributed by atoms with Crippen LogP contribution in [0.25, 0.3) is 5.65 Å². The molecule has 23 heavy (non-hydrogen) atoms. The van der Waals surface area contributed by atoms with Gasteiger partial charge in [-0.25, -0.2) is 8.78 Å². The van der Waals surface area contributed by atoms with Gasteiger partial charge in [0, 0.05) is 24.8 Å². The molecule has 0 spiro atoms. The lowest BCUT2D eigenvalue weighted by Crippen LogP contribution is -2.43. The molecule has 1 amide bonds. The Bertz CT molecular complexity index is 704. The van der Waals surface area contributed by atoms with E-state index in [4.69, 9.17) is 0 Å². The first-order chi connectivity index (χ1) is 11.1. The minimum atomic E-state index is -2.76. The topological polar surface area (TPSA) is 79.5 Å². The smallest absolute Gasteiger partial charge is 0.297 e. The van der Waals surface area contributed by atoms with Gasteiger partial charge in [-0.05, 0) is 25.0 Å². The maximum absolute atomic E-state index is 12.9. The number of hydrogen-bond donors (Lipinski definition) is 2. The van der Waals surface area contributed by atoms with Crippen LogP contribution in [0.1, 0.15) is 48.3 Å². The van der Waals surface area contributed by atoms with Crippen molar-refractivity contribution in [1.29, 1.82) is 0 Å². The summed E-state index contributed by atoms with van der Waals surface area (Å²) in [7, 11) is 0. The summed E-state index contributed by atoms with van der Waals surface area (Å²) in [5, 5.41) is 19.4. The van der Waals surface area contributed by atoms with Gasteiger partial charge in [0.05, 0.1) is 5.56 Å². The van der Waals surface area contributed by atoms with Gasteiger partial charge < -0.3 is 10.4 Å². The highest BCUT2D eigenvalue weighted by molar-refractivity contribution is 5.94. The van der Waals surface area contributed by atoms with Crippen LogP contribution >= 0.6 is 0 Å². The SMILES string of the molecule is O=C(NC1CCCCC1CO)c1ccc2nnc(C(F)F)n2c1. The van der Waals surface area contributed by atoms with Crippen molar-refractivity contribution in [1.82, 2.24) is 19.9 Å². The molecule has 8 heteroatoms. The van der Waals surface area contributed by atoms with Gasteiger partial charge in [-0.1, -0.05) is 12.8 Å². The summed E-state index contributed by atoms with van der Waals surface area (Å²) in [6, 6.07) is 2.93. The number of aromatic nitrogens is 3. The lowest BCUT2D eigenvalue weighted by molar-refractivity contribution is 0.0871. The normalized spacial score (nSPS) is 21.7. The van der Waals surface area contributed by atoms with Crippen molar-refractivity contribution >= 4 is 11.6 Å². The fourth-order valence-electron chi connectivity index (χ4n) is 3.06.